The number of benzene rings is 1. The van der Waals surface area contributed by atoms with Crippen molar-refractivity contribution in [1.82, 2.24) is 9.80 Å². The number of esters is 1. The molecule has 0 aliphatic carbocycles. The fraction of sp³-hybridized carbons (Fsp3) is 0.261. The lowest BCUT2D eigenvalue weighted by Gasteiger charge is -2.35. The molecule has 160 valence electrons. The van der Waals surface area contributed by atoms with E-state index in [-0.39, 0.29) is 18.4 Å². The number of allylic oxidation sites excluding steroid dienone is 1. The second kappa shape index (κ2) is 9.11. The molecule has 2 aliphatic rings. The number of thioether (sulfide) groups is 1. The summed E-state index contributed by atoms with van der Waals surface area (Å²) in [6.07, 6.45) is 0.226. The molecule has 1 unspecified atom stereocenters. The minimum absolute atomic E-state index is 0.00640. The summed E-state index contributed by atoms with van der Waals surface area (Å²) in [4.78, 5) is 34.0. The Morgan fingerprint density at radius 2 is 2.00 bits per heavy atom. The highest BCUT2D eigenvalue weighted by atomic mass is 32.2. The zero-order valence-corrected chi connectivity index (χ0v) is 19.2. The number of carbonyl (C=O) groups is 2. The van der Waals surface area contributed by atoms with Crippen LogP contribution in [0, 0.1) is 0 Å². The molecule has 0 N–H and O–H groups in total. The maximum absolute atomic E-state index is 13.0. The molecule has 8 heteroatoms. The topological polar surface area (TPSA) is 62.2 Å². The van der Waals surface area contributed by atoms with Crippen molar-refractivity contribution in [2.24, 2.45) is 4.99 Å². The fourth-order valence-corrected chi connectivity index (χ4v) is 5.37. The van der Waals surface area contributed by atoms with Gasteiger partial charge in [-0.2, -0.15) is 11.3 Å². The summed E-state index contributed by atoms with van der Waals surface area (Å²) < 4.78 is 5.07. The summed E-state index contributed by atoms with van der Waals surface area (Å²) >= 11 is 3.05. The summed E-state index contributed by atoms with van der Waals surface area (Å²) in [5, 5.41) is 6.74. The first-order chi connectivity index (χ1) is 15.0. The summed E-state index contributed by atoms with van der Waals surface area (Å²) in [6.45, 7) is 2.37. The standard InChI is InChI=1S/C23H23N3O3S2/c1-15-20(22(28)29-3)21(17-9-10-30-13-17)26-18(14-31-23(26)24-15)11-19(27)25(2)12-16-7-5-4-6-8-16/h4-10,13-14,21H,11-12H2,1-3H3. The zero-order chi connectivity index (χ0) is 22.0. The predicted molar refractivity (Wildman–Crippen MR) is 124 cm³/mol. The number of hydrogen-bond acceptors (Lipinski definition) is 7. The van der Waals surface area contributed by atoms with E-state index in [2.05, 4.69) is 4.99 Å². The van der Waals surface area contributed by atoms with Crippen molar-refractivity contribution in [3.05, 3.63) is 80.7 Å². The molecule has 0 radical (unpaired) electrons. The highest BCUT2D eigenvalue weighted by Crippen LogP contribution is 2.45. The van der Waals surface area contributed by atoms with Gasteiger partial charge in [0, 0.05) is 19.3 Å². The first kappa shape index (κ1) is 21.4. The maximum Gasteiger partial charge on any atom is 0.338 e. The van der Waals surface area contributed by atoms with Gasteiger partial charge in [-0.25, -0.2) is 9.79 Å². The van der Waals surface area contributed by atoms with Gasteiger partial charge in [0.2, 0.25) is 5.91 Å². The van der Waals surface area contributed by atoms with Gasteiger partial charge in [-0.05, 0) is 40.3 Å². The molecule has 4 rings (SSSR count). The van der Waals surface area contributed by atoms with Crippen LogP contribution >= 0.6 is 23.1 Å². The van der Waals surface area contributed by atoms with E-state index in [4.69, 9.17) is 4.74 Å². The Bertz CT molecular complexity index is 1070. The number of aliphatic imine (C=N–C) groups is 1. The Morgan fingerprint density at radius 3 is 2.68 bits per heavy atom. The molecule has 0 spiro atoms. The van der Waals surface area contributed by atoms with Gasteiger partial charge < -0.3 is 14.5 Å². The molecule has 0 bridgehead atoms. The van der Waals surface area contributed by atoms with Crippen LogP contribution in [-0.4, -0.2) is 41.0 Å². The Labute approximate surface area is 189 Å². The Kier molecular flexibility index (Phi) is 6.29. The third-order valence-electron chi connectivity index (χ3n) is 5.29. The van der Waals surface area contributed by atoms with Gasteiger partial charge in [-0.1, -0.05) is 42.1 Å². The van der Waals surface area contributed by atoms with Gasteiger partial charge in [0.25, 0.3) is 0 Å². The van der Waals surface area contributed by atoms with Crippen LogP contribution in [-0.2, 0) is 20.9 Å². The van der Waals surface area contributed by atoms with Crippen molar-refractivity contribution in [3.63, 3.8) is 0 Å². The van der Waals surface area contributed by atoms with E-state index in [0.29, 0.717) is 17.8 Å². The summed E-state index contributed by atoms with van der Waals surface area (Å²) in [5.74, 6) is -0.396. The average molecular weight is 454 g/mol. The molecular weight excluding hydrogens is 430 g/mol. The SMILES string of the molecule is COC(=O)C1=C(C)N=C2SC=C(CC(=O)N(C)Cc3ccccc3)N2C1c1ccsc1. The monoisotopic (exact) mass is 453 g/mol. The number of hydrogen-bond donors (Lipinski definition) is 0. The number of rotatable bonds is 6. The number of carbonyl (C=O) groups excluding carboxylic acids is 2. The van der Waals surface area contributed by atoms with Crippen molar-refractivity contribution in [2.75, 3.05) is 14.2 Å². The van der Waals surface area contributed by atoms with E-state index in [1.807, 2.05) is 71.4 Å². The van der Waals surface area contributed by atoms with Crippen LogP contribution in [0.15, 0.2) is 74.5 Å². The molecule has 1 atom stereocenters. The lowest BCUT2D eigenvalue weighted by Crippen LogP contribution is -2.38. The largest absolute Gasteiger partial charge is 0.466 e. The average Bonchev–Trinajstić information content (AvgIpc) is 3.43. The second-order valence-corrected chi connectivity index (χ2v) is 8.97. The van der Waals surface area contributed by atoms with Crippen LogP contribution in [0.25, 0.3) is 0 Å². The van der Waals surface area contributed by atoms with Gasteiger partial charge in [0.15, 0.2) is 5.17 Å². The smallest absolute Gasteiger partial charge is 0.338 e. The van der Waals surface area contributed by atoms with E-state index < -0.39 is 5.97 Å². The molecule has 31 heavy (non-hydrogen) atoms. The van der Waals surface area contributed by atoms with E-state index in [9.17, 15) is 9.59 Å². The highest BCUT2D eigenvalue weighted by Gasteiger charge is 2.41. The quantitative estimate of drug-likeness (QED) is 0.601. The molecule has 1 amide bonds. The number of methoxy groups -OCH3 is 1. The third-order valence-corrected chi connectivity index (χ3v) is 6.88. The van der Waals surface area contributed by atoms with E-state index >= 15 is 0 Å². The van der Waals surface area contributed by atoms with Gasteiger partial charge in [0.05, 0.1) is 30.8 Å². The summed E-state index contributed by atoms with van der Waals surface area (Å²) in [5.41, 5.74) is 4.04. The van der Waals surface area contributed by atoms with Crippen LogP contribution in [0.4, 0.5) is 0 Å². The Hall–Kier alpha value is -2.84. The summed E-state index contributed by atoms with van der Waals surface area (Å²) in [7, 11) is 3.19. The van der Waals surface area contributed by atoms with Crippen LogP contribution in [0.5, 0.6) is 0 Å². The molecule has 2 aliphatic heterocycles. The van der Waals surface area contributed by atoms with Gasteiger partial charge in [-0.3, -0.25) is 4.79 Å². The first-order valence-corrected chi connectivity index (χ1v) is 11.6. The Balaban J connectivity index is 1.59. The molecule has 2 aromatic rings. The summed E-state index contributed by atoms with van der Waals surface area (Å²) in [6, 6.07) is 11.5. The van der Waals surface area contributed by atoms with E-state index in [0.717, 1.165) is 22.0 Å². The van der Waals surface area contributed by atoms with E-state index in [1.54, 1.807) is 16.2 Å². The van der Waals surface area contributed by atoms with Gasteiger partial charge >= 0.3 is 5.97 Å². The number of amides is 1. The van der Waals surface area contributed by atoms with Crippen molar-refractivity contribution in [3.8, 4) is 0 Å². The zero-order valence-electron chi connectivity index (χ0n) is 17.6. The normalized spacial score (nSPS) is 17.8. The van der Waals surface area contributed by atoms with Crippen LogP contribution in [0.3, 0.4) is 0 Å². The lowest BCUT2D eigenvalue weighted by atomic mass is 9.96. The van der Waals surface area contributed by atoms with E-state index in [1.165, 1.54) is 18.9 Å². The molecule has 0 saturated heterocycles. The number of ether oxygens (including phenoxy) is 1. The highest BCUT2D eigenvalue weighted by molar-refractivity contribution is 8.16. The van der Waals surface area contributed by atoms with Crippen molar-refractivity contribution >= 4 is 40.1 Å². The third kappa shape index (κ3) is 4.31. The van der Waals surface area contributed by atoms with Crippen molar-refractivity contribution in [1.29, 1.82) is 0 Å². The number of nitrogens with zero attached hydrogens (tertiary/aromatic N) is 3. The fourth-order valence-electron chi connectivity index (χ4n) is 3.72. The first-order valence-electron chi connectivity index (χ1n) is 9.82. The second-order valence-electron chi connectivity index (χ2n) is 7.35. The molecular formula is C23H23N3O3S2. The molecule has 3 heterocycles. The van der Waals surface area contributed by atoms with Crippen molar-refractivity contribution < 1.29 is 14.3 Å². The number of amidine groups is 1. The maximum atomic E-state index is 13.0. The minimum Gasteiger partial charge on any atom is -0.466 e. The van der Waals surface area contributed by atoms with Crippen LogP contribution in [0.2, 0.25) is 0 Å². The van der Waals surface area contributed by atoms with Gasteiger partial charge in [-0.15, -0.1) is 0 Å². The Morgan fingerprint density at radius 1 is 1.23 bits per heavy atom. The minimum atomic E-state index is -0.403. The molecule has 1 aromatic heterocycles. The van der Waals surface area contributed by atoms with Crippen LogP contribution < -0.4 is 0 Å². The molecule has 6 nitrogen and oxygen atoms in total. The lowest BCUT2D eigenvalue weighted by molar-refractivity contribution is -0.136. The number of fused-ring (bicyclic) bond motifs is 1. The molecule has 0 saturated carbocycles. The van der Waals surface area contributed by atoms with Gasteiger partial charge in [0.1, 0.15) is 0 Å². The van der Waals surface area contributed by atoms with Crippen LogP contribution in [0.1, 0.15) is 30.5 Å². The molecule has 1 aromatic carbocycles. The predicted octanol–water partition coefficient (Wildman–Crippen LogP) is 4.54. The number of thiophene rings is 1. The molecule has 0 fully saturated rings. The van der Waals surface area contributed by atoms with Crippen molar-refractivity contribution in [2.45, 2.75) is 25.9 Å².